The number of carbonyl (C=O) groups excluding carboxylic acids is 3. The smallest absolute Gasteiger partial charge is 0.224 e. The molecule has 0 aliphatic heterocycles. The second kappa shape index (κ2) is 9.52. The lowest BCUT2D eigenvalue weighted by atomic mass is 10.1. The summed E-state index contributed by atoms with van der Waals surface area (Å²) in [6, 6.07) is 14.9. The van der Waals surface area contributed by atoms with Crippen LogP contribution in [0.4, 0.5) is 11.4 Å². The second-order valence-corrected chi connectivity index (χ2v) is 6.41. The Morgan fingerprint density at radius 1 is 1.00 bits per heavy atom. The van der Waals surface area contributed by atoms with Crippen LogP contribution in [0.5, 0.6) is 0 Å². The summed E-state index contributed by atoms with van der Waals surface area (Å²) in [5, 5.41) is 5.54. The first-order chi connectivity index (χ1) is 12.8. The molecular formula is C21H25N3O3. The molecule has 0 spiro atoms. The number of hydrogen-bond donors (Lipinski definition) is 2. The summed E-state index contributed by atoms with van der Waals surface area (Å²) in [5.74, 6) is -0.401. The molecule has 142 valence electrons. The molecule has 6 heteroatoms. The molecule has 27 heavy (non-hydrogen) atoms. The molecule has 0 aliphatic rings. The van der Waals surface area contributed by atoms with Gasteiger partial charge in [0.25, 0.3) is 0 Å². The van der Waals surface area contributed by atoms with E-state index in [1.807, 2.05) is 31.2 Å². The minimum absolute atomic E-state index is 0.0886. The van der Waals surface area contributed by atoms with E-state index in [-0.39, 0.29) is 17.7 Å². The zero-order valence-corrected chi connectivity index (χ0v) is 15.9. The van der Waals surface area contributed by atoms with Gasteiger partial charge in [-0.1, -0.05) is 35.9 Å². The molecule has 0 fully saturated rings. The Kier molecular flexibility index (Phi) is 7.11. The summed E-state index contributed by atoms with van der Waals surface area (Å²) in [4.78, 5) is 36.9. The molecule has 0 saturated carbocycles. The van der Waals surface area contributed by atoms with Gasteiger partial charge in [-0.3, -0.25) is 14.4 Å². The van der Waals surface area contributed by atoms with Gasteiger partial charge in [0, 0.05) is 38.3 Å². The maximum absolute atomic E-state index is 12.1. The number of nitrogens with one attached hydrogen (secondary N) is 2. The molecule has 3 amide bonds. The number of hydrogen-bond acceptors (Lipinski definition) is 3. The SMILES string of the molecule is CC(=O)Nc1cccc(N(CCNC(=O)Cc2ccc(C)cc2)C(C)=O)c1. The fourth-order valence-electron chi connectivity index (χ4n) is 2.68. The van der Waals surface area contributed by atoms with Crippen LogP contribution in [-0.4, -0.2) is 30.8 Å². The summed E-state index contributed by atoms with van der Waals surface area (Å²) in [5.41, 5.74) is 3.39. The predicted molar refractivity (Wildman–Crippen MR) is 107 cm³/mol. The van der Waals surface area contributed by atoms with Crippen molar-refractivity contribution in [2.24, 2.45) is 0 Å². The van der Waals surface area contributed by atoms with E-state index >= 15 is 0 Å². The largest absolute Gasteiger partial charge is 0.354 e. The topological polar surface area (TPSA) is 78.5 Å². The highest BCUT2D eigenvalue weighted by atomic mass is 16.2. The van der Waals surface area contributed by atoms with E-state index < -0.39 is 0 Å². The van der Waals surface area contributed by atoms with Crippen LogP contribution in [0.1, 0.15) is 25.0 Å². The molecule has 2 rings (SSSR count). The van der Waals surface area contributed by atoms with Gasteiger partial charge in [-0.15, -0.1) is 0 Å². The van der Waals surface area contributed by atoms with Gasteiger partial charge in [-0.05, 0) is 30.7 Å². The van der Waals surface area contributed by atoms with Crippen LogP contribution >= 0.6 is 0 Å². The van der Waals surface area contributed by atoms with E-state index in [1.54, 1.807) is 29.2 Å². The molecular weight excluding hydrogens is 342 g/mol. The quantitative estimate of drug-likeness (QED) is 0.790. The van der Waals surface area contributed by atoms with Crippen molar-refractivity contribution in [1.82, 2.24) is 5.32 Å². The van der Waals surface area contributed by atoms with Crippen molar-refractivity contribution in [2.75, 3.05) is 23.3 Å². The van der Waals surface area contributed by atoms with Crippen molar-refractivity contribution >= 4 is 29.1 Å². The molecule has 0 radical (unpaired) electrons. The number of amides is 3. The number of benzene rings is 2. The van der Waals surface area contributed by atoms with Crippen molar-refractivity contribution in [3.63, 3.8) is 0 Å². The monoisotopic (exact) mass is 367 g/mol. The van der Waals surface area contributed by atoms with Crippen LogP contribution in [0.25, 0.3) is 0 Å². The first-order valence-electron chi connectivity index (χ1n) is 8.83. The number of rotatable bonds is 7. The van der Waals surface area contributed by atoms with Crippen LogP contribution in [0.3, 0.4) is 0 Å². The Labute approximate surface area is 159 Å². The number of aryl methyl sites for hydroxylation is 1. The van der Waals surface area contributed by atoms with Gasteiger partial charge in [0.05, 0.1) is 6.42 Å². The van der Waals surface area contributed by atoms with Crippen molar-refractivity contribution in [1.29, 1.82) is 0 Å². The average Bonchev–Trinajstić information content (AvgIpc) is 2.60. The molecule has 0 unspecified atom stereocenters. The third-order valence-corrected chi connectivity index (χ3v) is 4.00. The maximum atomic E-state index is 12.1. The third-order valence-electron chi connectivity index (χ3n) is 4.00. The summed E-state index contributed by atoms with van der Waals surface area (Å²) in [7, 11) is 0. The Morgan fingerprint density at radius 3 is 2.33 bits per heavy atom. The highest BCUT2D eigenvalue weighted by Gasteiger charge is 2.13. The maximum Gasteiger partial charge on any atom is 0.224 e. The molecule has 0 atom stereocenters. The Bertz CT molecular complexity index is 816. The third kappa shape index (κ3) is 6.58. The number of nitrogens with zero attached hydrogens (tertiary/aromatic N) is 1. The fourth-order valence-corrected chi connectivity index (χ4v) is 2.68. The number of anilines is 2. The highest BCUT2D eigenvalue weighted by Crippen LogP contribution is 2.19. The lowest BCUT2D eigenvalue weighted by Crippen LogP contribution is -2.38. The van der Waals surface area contributed by atoms with Crippen LogP contribution in [0.15, 0.2) is 48.5 Å². The molecule has 0 aliphatic carbocycles. The number of carbonyl (C=O) groups is 3. The van der Waals surface area contributed by atoms with Gasteiger partial charge in [0.15, 0.2) is 0 Å². The molecule has 2 N–H and O–H groups in total. The predicted octanol–water partition coefficient (Wildman–Crippen LogP) is 2.67. The highest BCUT2D eigenvalue weighted by molar-refractivity contribution is 5.94. The van der Waals surface area contributed by atoms with E-state index in [9.17, 15) is 14.4 Å². The standard InChI is InChI=1S/C21H25N3O3/c1-15-7-9-18(10-8-15)13-21(27)22-11-12-24(17(3)26)20-6-4-5-19(14-20)23-16(2)25/h4-10,14H,11-13H2,1-3H3,(H,22,27)(H,23,25). The summed E-state index contributed by atoms with van der Waals surface area (Å²) in [6.45, 7) is 5.59. The molecule has 2 aromatic carbocycles. The van der Waals surface area contributed by atoms with E-state index in [2.05, 4.69) is 10.6 Å². The van der Waals surface area contributed by atoms with Gasteiger partial charge < -0.3 is 15.5 Å². The zero-order chi connectivity index (χ0) is 19.8. The van der Waals surface area contributed by atoms with Crippen LogP contribution in [0.2, 0.25) is 0 Å². The lowest BCUT2D eigenvalue weighted by Gasteiger charge is -2.22. The lowest BCUT2D eigenvalue weighted by molar-refractivity contribution is -0.121. The minimum Gasteiger partial charge on any atom is -0.354 e. The van der Waals surface area contributed by atoms with Crippen LogP contribution in [-0.2, 0) is 20.8 Å². The second-order valence-electron chi connectivity index (χ2n) is 6.41. The average molecular weight is 367 g/mol. The summed E-state index contributed by atoms with van der Waals surface area (Å²) < 4.78 is 0. The molecule has 0 heterocycles. The Morgan fingerprint density at radius 2 is 1.70 bits per heavy atom. The van der Waals surface area contributed by atoms with Crippen molar-refractivity contribution < 1.29 is 14.4 Å². The van der Waals surface area contributed by atoms with Gasteiger partial charge in [0.1, 0.15) is 0 Å². The first-order valence-corrected chi connectivity index (χ1v) is 8.83. The molecule has 0 aromatic heterocycles. The van der Waals surface area contributed by atoms with E-state index in [0.717, 1.165) is 11.1 Å². The Hall–Kier alpha value is -3.15. The van der Waals surface area contributed by atoms with Crippen LogP contribution < -0.4 is 15.5 Å². The van der Waals surface area contributed by atoms with Crippen molar-refractivity contribution in [2.45, 2.75) is 27.2 Å². The Balaban J connectivity index is 1.92. The zero-order valence-electron chi connectivity index (χ0n) is 15.9. The molecule has 0 bridgehead atoms. The molecule has 0 saturated heterocycles. The van der Waals surface area contributed by atoms with Gasteiger partial charge in [-0.2, -0.15) is 0 Å². The van der Waals surface area contributed by atoms with Gasteiger partial charge >= 0.3 is 0 Å². The molecule has 6 nitrogen and oxygen atoms in total. The van der Waals surface area contributed by atoms with E-state index in [0.29, 0.717) is 30.9 Å². The summed E-state index contributed by atoms with van der Waals surface area (Å²) >= 11 is 0. The van der Waals surface area contributed by atoms with Gasteiger partial charge in [-0.25, -0.2) is 0 Å². The minimum atomic E-state index is -0.176. The van der Waals surface area contributed by atoms with Crippen LogP contribution in [0, 0.1) is 6.92 Å². The normalized spacial score (nSPS) is 10.2. The van der Waals surface area contributed by atoms with Crippen molar-refractivity contribution in [3.8, 4) is 0 Å². The first kappa shape index (κ1) is 20.2. The summed E-state index contributed by atoms with van der Waals surface area (Å²) in [6.07, 6.45) is 0.304. The fraction of sp³-hybridized carbons (Fsp3) is 0.286. The van der Waals surface area contributed by atoms with Gasteiger partial charge in [0.2, 0.25) is 17.7 Å². The molecule has 2 aromatic rings. The van der Waals surface area contributed by atoms with E-state index in [1.165, 1.54) is 13.8 Å². The van der Waals surface area contributed by atoms with Crippen molar-refractivity contribution in [3.05, 3.63) is 59.7 Å². The van der Waals surface area contributed by atoms with E-state index in [4.69, 9.17) is 0 Å².